The van der Waals surface area contributed by atoms with Crippen LogP contribution in [0.15, 0.2) is 12.1 Å². The average Bonchev–Trinajstić information content (AvgIpc) is 2.37. The number of hydrogen-bond acceptors (Lipinski definition) is 2. The normalized spacial score (nSPS) is 23.6. The summed E-state index contributed by atoms with van der Waals surface area (Å²) >= 11 is 5.68. The first-order chi connectivity index (χ1) is 9.38. The highest BCUT2D eigenvalue weighted by atomic mass is 35.5. The topological polar surface area (TPSA) is 24.9 Å². The molecule has 0 bridgehead atoms. The van der Waals surface area contributed by atoms with Crippen LogP contribution in [0, 0.1) is 5.92 Å². The predicted molar refractivity (Wildman–Crippen MR) is 73.9 cm³/mol. The number of alkyl halides is 3. The maximum absolute atomic E-state index is 12.7. The van der Waals surface area contributed by atoms with E-state index in [4.69, 9.17) is 11.6 Å². The molecule has 1 aliphatic carbocycles. The fraction of sp³-hybridized carbons (Fsp3) is 0.643. The average molecular weight is 307 g/mol. The molecule has 1 fully saturated rings. The summed E-state index contributed by atoms with van der Waals surface area (Å²) < 4.78 is 38.2. The highest BCUT2D eigenvalue weighted by Crippen LogP contribution is 2.33. The lowest BCUT2D eigenvalue weighted by Crippen LogP contribution is -2.27. The molecule has 0 radical (unpaired) electrons. The van der Waals surface area contributed by atoms with E-state index >= 15 is 0 Å². The third-order valence-electron chi connectivity index (χ3n) is 3.83. The Kier molecular flexibility index (Phi) is 4.78. The van der Waals surface area contributed by atoms with E-state index < -0.39 is 11.7 Å². The molecule has 112 valence electrons. The Morgan fingerprint density at radius 3 is 2.75 bits per heavy atom. The molecule has 0 saturated heterocycles. The summed E-state index contributed by atoms with van der Waals surface area (Å²) in [6, 6.07) is 2.06. The van der Waals surface area contributed by atoms with Crippen molar-refractivity contribution < 1.29 is 13.2 Å². The molecule has 20 heavy (non-hydrogen) atoms. The molecule has 1 N–H and O–H groups in total. The molecule has 6 heteroatoms. The highest BCUT2D eigenvalue weighted by Gasteiger charge is 2.32. The third kappa shape index (κ3) is 4.01. The van der Waals surface area contributed by atoms with Crippen molar-refractivity contribution in [2.45, 2.75) is 51.2 Å². The summed E-state index contributed by atoms with van der Waals surface area (Å²) in [5.74, 6) is 0.856. The number of halogens is 4. The summed E-state index contributed by atoms with van der Waals surface area (Å²) in [5, 5.41) is 2.97. The van der Waals surface area contributed by atoms with Gasteiger partial charge in [-0.3, -0.25) is 0 Å². The van der Waals surface area contributed by atoms with E-state index in [0.29, 0.717) is 5.92 Å². The molecule has 1 aliphatic rings. The first-order valence-corrected chi connectivity index (χ1v) is 7.27. The van der Waals surface area contributed by atoms with E-state index in [-0.39, 0.29) is 17.0 Å². The van der Waals surface area contributed by atoms with Crippen LogP contribution < -0.4 is 5.32 Å². The standard InChI is InChI=1S/C14H18ClF3N2/c1-2-9-4-3-5-11(6-9)19-13-8-10(14(16,17)18)7-12(15)20-13/h7-9,11H,2-6H2,1H3,(H,19,20). The molecule has 2 atom stereocenters. The number of hydrogen-bond donors (Lipinski definition) is 1. The fourth-order valence-corrected chi connectivity index (χ4v) is 2.95. The second-order valence-corrected chi connectivity index (χ2v) is 5.73. The van der Waals surface area contributed by atoms with Crippen molar-refractivity contribution in [3.8, 4) is 0 Å². The molecule has 0 aliphatic heterocycles. The van der Waals surface area contributed by atoms with E-state index in [2.05, 4.69) is 17.2 Å². The molecule has 1 heterocycles. The van der Waals surface area contributed by atoms with Crippen molar-refractivity contribution in [1.82, 2.24) is 4.98 Å². The van der Waals surface area contributed by atoms with Gasteiger partial charge in [-0.15, -0.1) is 0 Å². The van der Waals surface area contributed by atoms with Crippen LogP contribution in [0.4, 0.5) is 19.0 Å². The van der Waals surface area contributed by atoms with Crippen LogP contribution >= 0.6 is 11.6 Å². The van der Waals surface area contributed by atoms with Crippen molar-refractivity contribution >= 4 is 17.4 Å². The summed E-state index contributed by atoms with van der Waals surface area (Å²) in [6.45, 7) is 2.15. The molecule has 0 spiro atoms. The van der Waals surface area contributed by atoms with Crippen molar-refractivity contribution in [3.63, 3.8) is 0 Å². The van der Waals surface area contributed by atoms with Crippen LogP contribution in [0.2, 0.25) is 5.15 Å². The number of nitrogens with zero attached hydrogens (tertiary/aromatic N) is 1. The quantitative estimate of drug-likeness (QED) is 0.783. The molecule has 1 saturated carbocycles. The van der Waals surface area contributed by atoms with Crippen LogP contribution in [-0.4, -0.2) is 11.0 Å². The molecule has 1 aromatic heterocycles. The summed E-state index contributed by atoms with van der Waals surface area (Å²) in [4.78, 5) is 3.95. The lowest BCUT2D eigenvalue weighted by Gasteiger charge is -2.29. The lowest BCUT2D eigenvalue weighted by atomic mass is 9.84. The Morgan fingerprint density at radius 1 is 1.35 bits per heavy atom. The number of nitrogens with one attached hydrogen (secondary N) is 1. The van der Waals surface area contributed by atoms with Gasteiger partial charge in [0, 0.05) is 6.04 Å². The van der Waals surface area contributed by atoms with E-state index in [0.717, 1.165) is 37.8 Å². The van der Waals surface area contributed by atoms with Crippen LogP contribution in [0.3, 0.4) is 0 Å². The Hall–Kier alpha value is -0.970. The van der Waals surface area contributed by atoms with Crippen molar-refractivity contribution in [2.75, 3.05) is 5.32 Å². The fourth-order valence-electron chi connectivity index (χ4n) is 2.74. The zero-order valence-electron chi connectivity index (χ0n) is 11.3. The molecule has 1 aromatic rings. The number of anilines is 1. The van der Waals surface area contributed by atoms with Crippen LogP contribution in [0.25, 0.3) is 0 Å². The zero-order chi connectivity index (χ0) is 14.8. The number of pyridine rings is 1. The second-order valence-electron chi connectivity index (χ2n) is 5.34. The van der Waals surface area contributed by atoms with Crippen molar-refractivity contribution in [3.05, 3.63) is 22.8 Å². The van der Waals surface area contributed by atoms with Gasteiger partial charge in [0.15, 0.2) is 0 Å². The van der Waals surface area contributed by atoms with Crippen LogP contribution in [0.5, 0.6) is 0 Å². The Bertz CT molecular complexity index is 462. The van der Waals surface area contributed by atoms with Gasteiger partial charge in [-0.25, -0.2) is 4.98 Å². The first kappa shape index (κ1) is 15.4. The maximum atomic E-state index is 12.7. The van der Waals surface area contributed by atoms with Gasteiger partial charge in [0.05, 0.1) is 5.56 Å². The van der Waals surface area contributed by atoms with Gasteiger partial charge in [-0.1, -0.05) is 37.8 Å². The predicted octanol–water partition coefficient (Wildman–Crippen LogP) is 5.13. The maximum Gasteiger partial charge on any atom is 0.416 e. The van der Waals surface area contributed by atoms with E-state index in [1.807, 2.05) is 0 Å². The van der Waals surface area contributed by atoms with Crippen molar-refractivity contribution in [2.24, 2.45) is 5.92 Å². The van der Waals surface area contributed by atoms with Gasteiger partial charge in [-0.05, 0) is 30.9 Å². The van der Waals surface area contributed by atoms with Crippen molar-refractivity contribution in [1.29, 1.82) is 0 Å². The first-order valence-electron chi connectivity index (χ1n) is 6.89. The minimum absolute atomic E-state index is 0.134. The highest BCUT2D eigenvalue weighted by molar-refractivity contribution is 6.29. The largest absolute Gasteiger partial charge is 0.416 e. The molecular formula is C14H18ClF3N2. The third-order valence-corrected chi connectivity index (χ3v) is 4.03. The summed E-state index contributed by atoms with van der Waals surface area (Å²) in [6.07, 6.45) is 0.947. The molecule has 2 rings (SSSR count). The van der Waals surface area contributed by atoms with Gasteiger partial charge < -0.3 is 5.32 Å². The molecular weight excluding hydrogens is 289 g/mol. The lowest BCUT2D eigenvalue weighted by molar-refractivity contribution is -0.137. The Balaban J connectivity index is 2.11. The monoisotopic (exact) mass is 306 g/mol. The minimum Gasteiger partial charge on any atom is -0.367 e. The number of aromatic nitrogens is 1. The van der Waals surface area contributed by atoms with Gasteiger partial charge in [0.2, 0.25) is 0 Å². The summed E-state index contributed by atoms with van der Waals surface area (Å²) in [5.41, 5.74) is -0.761. The van der Waals surface area contributed by atoms with Crippen LogP contribution in [0.1, 0.15) is 44.6 Å². The number of rotatable bonds is 3. The van der Waals surface area contributed by atoms with Crippen LogP contribution in [-0.2, 0) is 6.18 Å². The van der Waals surface area contributed by atoms with Gasteiger partial charge in [0.1, 0.15) is 11.0 Å². The molecule has 0 aromatic carbocycles. The second kappa shape index (κ2) is 6.20. The van der Waals surface area contributed by atoms with E-state index in [1.54, 1.807) is 0 Å². The smallest absolute Gasteiger partial charge is 0.367 e. The molecule has 2 nitrogen and oxygen atoms in total. The van der Waals surface area contributed by atoms with E-state index in [9.17, 15) is 13.2 Å². The minimum atomic E-state index is -4.40. The Labute approximate surface area is 121 Å². The Morgan fingerprint density at radius 2 is 2.10 bits per heavy atom. The van der Waals surface area contributed by atoms with Gasteiger partial charge >= 0.3 is 6.18 Å². The van der Waals surface area contributed by atoms with Gasteiger partial charge in [-0.2, -0.15) is 13.2 Å². The molecule has 2 unspecified atom stereocenters. The zero-order valence-corrected chi connectivity index (χ0v) is 12.1. The SMILES string of the molecule is CCC1CCCC(Nc2cc(C(F)(F)F)cc(Cl)n2)C1. The molecule has 0 amide bonds. The summed E-state index contributed by atoms with van der Waals surface area (Å²) in [7, 11) is 0. The van der Waals surface area contributed by atoms with E-state index in [1.165, 1.54) is 6.42 Å². The van der Waals surface area contributed by atoms with Gasteiger partial charge in [0.25, 0.3) is 0 Å².